The van der Waals surface area contributed by atoms with Gasteiger partial charge in [-0.2, -0.15) is 0 Å². The van der Waals surface area contributed by atoms with Gasteiger partial charge in [0.1, 0.15) is 0 Å². The molecule has 0 N–H and O–H groups in total. The molecule has 0 spiro atoms. The number of alkyl halides is 1. The molecular formula is C10H10Br2O2. The zero-order valence-electron chi connectivity index (χ0n) is 7.72. The second kappa shape index (κ2) is 5.51. The molecule has 1 aromatic carbocycles. The van der Waals surface area contributed by atoms with Crippen LogP contribution in [0.15, 0.2) is 22.7 Å². The molecule has 0 amide bonds. The molecule has 0 radical (unpaired) electrons. The van der Waals surface area contributed by atoms with Crippen LogP contribution in [0.1, 0.15) is 15.9 Å². The van der Waals surface area contributed by atoms with Crippen LogP contribution in [0, 0.1) is 0 Å². The number of benzene rings is 1. The Bertz CT molecular complexity index is 337. The second-order valence-corrected chi connectivity index (χ2v) is 4.38. The van der Waals surface area contributed by atoms with Crippen LogP contribution in [0.25, 0.3) is 0 Å². The van der Waals surface area contributed by atoms with E-state index in [-0.39, 0.29) is 5.97 Å². The Hall–Kier alpha value is -0.350. The normalized spacial score (nSPS) is 9.93. The van der Waals surface area contributed by atoms with Crippen molar-refractivity contribution in [2.45, 2.75) is 6.42 Å². The quantitative estimate of drug-likeness (QED) is 0.631. The minimum absolute atomic E-state index is 0.309. The van der Waals surface area contributed by atoms with E-state index in [0.29, 0.717) is 5.56 Å². The molecule has 1 rings (SSSR count). The molecule has 1 aromatic rings. The van der Waals surface area contributed by atoms with Crippen molar-refractivity contribution < 1.29 is 9.53 Å². The molecule has 0 saturated heterocycles. The van der Waals surface area contributed by atoms with Gasteiger partial charge in [0.25, 0.3) is 0 Å². The average molecular weight is 322 g/mol. The number of carbonyl (C=O) groups is 1. The minimum atomic E-state index is -0.309. The number of esters is 1. The summed E-state index contributed by atoms with van der Waals surface area (Å²) >= 11 is 6.79. The third-order valence-corrected chi connectivity index (χ3v) is 2.97. The van der Waals surface area contributed by atoms with E-state index in [2.05, 4.69) is 36.6 Å². The Morgan fingerprint density at radius 2 is 2.21 bits per heavy atom. The van der Waals surface area contributed by atoms with E-state index in [9.17, 15) is 4.79 Å². The van der Waals surface area contributed by atoms with Gasteiger partial charge in [-0.3, -0.25) is 0 Å². The van der Waals surface area contributed by atoms with Gasteiger partial charge in [-0.05, 0) is 24.1 Å². The summed E-state index contributed by atoms with van der Waals surface area (Å²) in [5.41, 5.74) is 1.74. The summed E-state index contributed by atoms with van der Waals surface area (Å²) < 4.78 is 5.57. The second-order valence-electron chi connectivity index (χ2n) is 2.74. The van der Waals surface area contributed by atoms with Gasteiger partial charge in [0.05, 0.1) is 12.7 Å². The van der Waals surface area contributed by atoms with Crippen LogP contribution in [0.2, 0.25) is 0 Å². The Labute approximate surface area is 99.9 Å². The molecule has 0 aliphatic rings. The first-order valence-corrected chi connectivity index (χ1v) is 6.03. The molecule has 0 saturated carbocycles. The fourth-order valence-corrected chi connectivity index (χ4v) is 2.10. The van der Waals surface area contributed by atoms with Gasteiger partial charge >= 0.3 is 5.97 Å². The van der Waals surface area contributed by atoms with E-state index < -0.39 is 0 Å². The van der Waals surface area contributed by atoms with E-state index in [4.69, 9.17) is 0 Å². The van der Waals surface area contributed by atoms with Gasteiger partial charge in [-0.25, -0.2) is 4.79 Å². The predicted octanol–water partition coefficient (Wildman–Crippen LogP) is 3.17. The summed E-state index contributed by atoms with van der Waals surface area (Å²) in [4.78, 5) is 11.2. The predicted molar refractivity (Wildman–Crippen MR) is 63.0 cm³/mol. The first-order valence-electron chi connectivity index (χ1n) is 4.11. The SMILES string of the molecule is COC(=O)c1ccc(CCBr)c(Br)c1. The lowest BCUT2D eigenvalue weighted by Gasteiger charge is -2.04. The van der Waals surface area contributed by atoms with E-state index in [1.807, 2.05) is 6.07 Å². The van der Waals surface area contributed by atoms with Gasteiger partial charge in [0, 0.05) is 9.80 Å². The highest BCUT2D eigenvalue weighted by Crippen LogP contribution is 2.20. The molecule has 0 atom stereocenters. The summed E-state index contributed by atoms with van der Waals surface area (Å²) in [5.74, 6) is -0.309. The number of methoxy groups -OCH3 is 1. The Morgan fingerprint density at radius 3 is 2.71 bits per heavy atom. The summed E-state index contributed by atoms with van der Waals surface area (Å²) in [7, 11) is 1.38. The highest BCUT2D eigenvalue weighted by Gasteiger charge is 2.07. The lowest BCUT2D eigenvalue weighted by Crippen LogP contribution is -2.01. The van der Waals surface area contributed by atoms with Crippen LogP contribution in [-0.2, 0) is 11.2 Å². The Balaban J connectivity index is 2.94. The highest BCUT2D eigenvalue weighted by molar-refractivity contribution is 9.10. The number of hydrogen-bond acceptors (Lipinski definition) is 2. The molecule has 4 heteroatoms. The van der Waals surface area contributed by atoms with Crippen molar-refractivity contribution in [3.63, 3.8) is 0 Å². The van der Waals surface area contributed by atoms with Crippen LogP contribution in [0.4, 0.5) is 0 Å². The third kappa shape index (κ3) is 2.82. The van der Waals surface area contributed by atoms with Crippen LogP contribution >= 0.6 is 31.9 Å². The average Bonchev–Trinajstić information content (AvgIpc) is 2.20. The van der Waals surface area contributed by atoms with Crippen molar-refractivity contribution in [1.29, 1.82) is 0 Å². The standard InChI is InChI=1S/C10H10Br2O2/c1-14-10(13)8-3-2-7(4-5-11)9(12)6-8/h2-3,6H,4-5H2,1H3. The number of rotatable bonds is 3. The molecule has 0 bridgehead atoms. The fourth-order valence-electron chi connectivity index (χ4n) is 1.10. The fraction of sp³-hybridized carbons (Fsp3) is 0.300. The summed E-state index contributed by atoms with van der Waals surface area (Å²) in [5, 5.41) is 0.906. The zero-order chi connectivity index (χ0) is 10.6. The third-order valence-electron chi connectivity index (χ3n) is 1.84. The monoisotopic (exact) mass is 320 g/mol. The minimum Gasteiger partial charge on any atom is -0.465 e. The van der Waals surface area contributed by atoms with E-state index in [1.54, 1.807) is 12.1 Å². The van der Waals surface area contributed by atoms with Crippen LogP contribution in [-0.4, -0.2) is 18.4 Å². The molecular weight excluding hydrogens is 312 g/mol. The van der Waals surface area contributed by atoms with Gasteiger partial charge in [-0.15, -0.1) is 0 Å². The number of carbonyl (C=O) groups excluding carboxylic acids is 1. The van der Waals surface area contributed by atoms with Crippen LogP contribution in [0.3, 0.4) is 0 Å². The highest BCUT2D eigenvalue weighted by atomic mass is 79.9. The maximum atomic E-state index is 11.2. The molecule has 0 heterocycles. The molecule has 76 valence electrons. The number of halogens is 2. The largest absolute Gasteiger partial charge is 0.465 e. The smallest absolute Gasteiger partial charge is 0.337 e. The van der Waals surface area contributed by atoms with Crippen LogP contribution < -0.4 is 0 Å². The van der Waals surface area contributed by atoms with Gasteiger partial charge in [0.15, 0.2) is 0 Å². The summed E-state index contributed by atoms with van der Waals surface area (Å²) in [6.07, 6.45) is 0.933. The zero-order valence-corrected chi connectivity index (χ0v) is 10.9. The first kappa shape index (κ1) is 11.7. The molecule has 0 aliphatic heterocycles. The molecule has 0 unspecified atom stereocenters. The maximum Gasteiger partial charge on any atom is 0.337 e. The summed E-state index contributed by atoms with van der Waals surface area (Å²) in [6.45, 7) is 0. The van der Waals surface area contributed by atoms with Gasteiger partial charge in [-0.1, -0.05) is 37.9 Å². The molecule has 0 fully saturated rings. The first-order chi connectivity index (χ1) is 6.69. The Kier molecular flexibility index (Phi) is 4.62. The maximum absolute atomic E-state index is 11.2. The number of aryl methyl sites for hydroxylation is 1. The Morgan fingerprint density at radius 1 is 1.50 bits per heavy atom. The lowest BCUT2D eigenvalue weighted by atomic mass is 10.1. The van der Waals surface area contributed by atoms with Crippen molar-refractivity contribution in [1.82, 2.24) is 0 Å². The van der Waals surface area contributed by atoms with E-state index >= 15 is 0 Å². The summed E-state index contributed by atoms with van der Waals surface area (Å²) in [6, 6.07) is 5.48. The molecule has 14 heavy (non-hydrogen) atoms. The molecule has 0 aromatic heterocycles. The molecule has 0 aliphatic carbocycles. The van der Waals surface area contributed by atoms with Crippen molar-refractivity contribution in [3.05, 3.63) is 33.8 Å². The van der Waals surface area contributed by atoms with Crippen molar-refractivity contribution in [3.8, 4) is 0 Å². The van der Waals surface area contributed by atoms with Crippen molar-refractivity contribution in [2.75, 3.05) is 12.4 Å². The van der Waals surface area contributed by atoms with Gasteiger partial charge in [0.2, 0.25) is 0 Å². The molecule has 2 nitrogen and oxygen atoms in total. The van der Waals surface area contributed by atoms with Crippen molar-refractivity contribution in [2.24, 2.45) is 0 Å². The van der Waals surface area contributed by atoms with E-state index in [0.717, 1.165) is 16.2 Å². The number of ether oxygens (including phenoxy) is 1. The van der Waals surface area contributed by atoms with Crippen LogP contribution in [0.5, 0.6) is 0 Å². The van der Waals surface area contributed by atoms with Gasteiger partial charge < -0.3 is 4.74 Å². The van der Waals surface area contributed by atoms with Crippen molar-refractivity contribution >= 4 is 37.8 Å². The topological polar surface area (TPSA) is 26.3 Å². The lowest BCUT2D eigenvalue weighted by molar-refractivity contribution is 0.0600. The van der Waals surface area contributed by atoms with E-state index in [1.165, 1.54) is 12.7 Å². The number of hydrogen-bond donors (Lipinski definition) is 0.